The fourth-order valence-corrected chi connectivity index (χ4v) is 1.53. The molecule has 0 atom stereocenters. The molecule has 90 valence electrons. The van der Waals surface area contributed by atoms with Crippen LogP contribution < -0.4 is 0 Å². The standard InChI is InChI=1S/C10H17N3O3/c1-8-11-12-9(4-3-7-14)13(8)6-2-5-10(15)16/h14H,2-7H2,1H3,(H,15,16). The Bertz CT molecular complexity index is 349. The van der Waals surface area contributed by atoms with Crippen LogP contribution in [0.2, 0.25) is 0 Å². The van der Waals surface area contributed by atoms with Gasteiger partial charge in [0.05, 0.1) is 0 Å². The molecule has 0 aliphatic carbocycles. The van der Waals surface area contributed by atoms with Gasteiger partial charge < -0.3 is 14.8 Å². The molecule has 0 spiro atoms. The number of aromatic nitrogens is 3. The van der Waals surface area contributed by atoms with Gasteiger partial charge in [-0.3, -0.25) is 4.79 Å². The average Bonchev–Trinajstić information content (AvgIpc) is 2.57. The highest BCUT2D eigenvalue weighted by molar-refractivity contribution is 5.66. The maximum absolute atomic E-state index is 10.4. The van der Waals surface area contributed by atoms with E-state index in [1.165, 1.54) is 0 Å². The molecule has 6 heteroatoms. The second-order valence-corrected chi connectivity index (χ2v) is 3.64. The molecule has 0 aromatic carbocycles. The molecule has 1 aromatic heterocycles. The first-order chi connectivity index (χ1) is 7.65. The Balaban J connectivity index is 2.55. The Kier molecular flexibility index (Phi) is 4.91. The highest BCUT2D eigenvalue weighted by atomic mass is 16.4. The molecule has 0 unspecified atom stereocenters. The molecule has 0 saturated heterocycles. The Morgan fingerprint density at radius 1 is 1.38 bits per heavy atom. The molecule has 1 aromatic rings. The smallest absolute Gasteiger partial charge is 0.303 e. The molecule has 6 nitrogen and oxygen atoms in total. The summed E-state index contributed by atoms with van der Waals surface area (Å²) in [6.45, 7) is 2.59. The van der Waals surface area contributed by atoms with Gasteiger partial charge in [0.2, 0.25) is 0 Å². The number of hydrogen-bond acceptors (Lipinski definition) is 4. The normalized spacial score (nSPS) is 10.6. The molecule has 0 radical (unpaired) electrons. The van der Waals surface area contributed by atoms with E-state index in [9.17, 15) is 4.79 Å². The van der Waals surface area contributed by atoms with E-state index in [0.717, 1.165) is 11.6 Å². The monoisotopic (exact) mass is 227 g/mol. The number of aliphatic hydroxyl groups excluding tert-OH is 1. The maximum Gasteiger partial charge on any atom is 0.303 e. The lowest BCUT2D eigenvalue weighted by molar-refractivity contribution is -0.137. The van der Waals surface area contributed by atoms with Gasteiger partial charge in [-0.1, -0.05) is 0 Å². The number of aliphatic hydroxyl groups is 1. The van der Waals surface area contributed by atoms with Crippen molar-refractivity contribution >= 4 is 5.97 Å². The van der Waals surface area contributed by atoms with Gasteiger partial charge in [-0.2, -0.15) is 0 Å². The second kappa shape index (κ2) is 6.22. The summed E-state index contributed by atoms with van der Waals surface area (Å²) in [5, 5.41) is 25.2. The van der Waals surface area contributed by atoms with Crippen molar-refractivity contribution in [3.05, 3.63) is 11.6 Å². The van der Waals surface area contributed by atoms with Crippen LogP contribution in [0.4, 0.5) is 0 Å². The molecular weight excluding hydrogens is 210 g/mol. The summed E-state index contributed by atoms with van der Waals surface area (Å²) >= 11 is 0. The summed E-state index contributed by atoms with van der Waals surface area (Å²) in [4.78, 5) is 10.4. The van der Waals surface area contributed by atoms with Crippen molar-refractivity contribution in [1.82, 2.24) is 14.8 Å². The van der Waals surface area contributed by atoms with Crippen molar-refractivity contribution in [2.45, 2.75) is 39.2 Å². The first-order valence-corrected chi connectivity index (χ1v) is 5.36. The number of carbonyl (C=O) groups is 1. The number of carboxylic acid groups (broad SMARTS) is 1. The largest absolute Gasteiger partial charge is 0.481 e. The molecule has 0 aliphatic heterocycles. The van der Waals surface area contributed by atoms with Crippen LogP contribution in [0.5, 0.6) is 0 Å². The number of nitrogens with zero attached hydrogens (tertiary/aromatic N) is 3. The zero-order chi connectivity index (χ0) is 12.0. The first-order valence-electron chi connectivity index (χ1n) is 5.36. The minimum absolute atomic E-state index is 0.126. The van der Waals surface area contributed by atoms with Crippen LogP contribution in [-0.2, 0) is 17.8 Å². The number of rotatable bonds is 7. The van der Waals surface area contributed by atoms with Crippen molar-refractivity contribution < 1.29 is 15.0 Å². The van der Waals surface area contributed by atoms with Crippen LogP contribution >= 0.6 is 0 Å². The molecule has 0 fully saturated rings. The van der Waals surface area contributed by atoms with Gasteiger partial charge in [0.15, 0.2) is 0 Å². The molecule has 16 heavy (non-hydrogen) atoms. The minimum atomic E-state index is -0.789. The first kappa shape index (κ1) is 12.6. The van der Waals surface area contributed by atoms with E-state index in [1.807, 2.05) is 11.5 Å². The van der Waals surface area contributed by atoms with Crippen LogP contribution in [0.3, 0.4) is 0 Å². The number of aryl methyl sites for hydroxylation is 2. The van der Waals surface area contributed by atoms with E-state index in [2.05, 4.69) is 10.2 Å². The summed E-state index contributed by atoms with van der Waals surface area (Å²) in [5.41, 5.74) is 0. The van der Waals surface area contributed by atoms with Gasteiger partial charge in [-0.25, -0.2) is 0 Å². The number of aliphatic carboxylic acids is 1. The average molecular weight is 227 g/mol. The van der Waals surface area contributed by atoms with Gasteiger partial charge in [0.25, 0.3) is 0 Å². The SMILES string of the molecule is Cc1nnc(CCCO)n1CCCC(=O)O. The van der Waals surface area contributed by atoms with Crippen molar-refractivity contribution in [3.63, 3.8) is 0 Å². The molecule has 0 aliphatic rings. The van der Waals surface area contributed by atoms with Gasteiger partial charge in [-0.15, -0.1) is 10.2 Å². The summed E-state index contributed by atoms with van der Waals surface area (Å²) in [6.07, 6.45) is 2.04. The lowest BCUT2D eigenvalue weighted by Gasteiger charge is -2.06. The van der Waals surface area contributed by atoms with Gasteiger partial charge in [0.1, 0.15) is 11.6 Å². The third-order valence-corrected chi connectivity index (χ3v) is 2.34. The molecule has 1 heterocycles. The summed E-state index contributed by atoms with van der Waals surface area (Å²) < 4.78 is 1.92. The van der Waals surface area contributed by atoms with Crippen molar-refractivity contribution in [2.75, 3.05) is 6.61 Å². The lowest BCUT2D eigenvalue weighted by Crippen LogP contribution is -2.08. The second-order valence-electron chi connectivity index (χ2n) is 3.64. The summed E-state index contributed by atoms with van der Waals surface area (Å²) in [7, 11) is 0. The van der Waals surface area contributed by atoms with Crippen LogP contribution in [0.1, 0.15) is 30.9 Å². The highest BCUT2D eigenvalue weighted by Crippen LogP contribution is 2.06. The quantitative estimate of drug-likeness (QED) is 0.702. The van der Waals surface area contributed by atoms with E-state index < -0.39 is 5.97 Å². The van der Waals surface area contributed by atoms with Crippen molar-refractivity contribution in [3.8, 4) is 0 Å². The topological polar surface area (TPSA) is 88.2 Å². The van der Waals surface area contributed by atoms with Crippen LogP contribution in [0.25, 0.3) is 0 Å². The lowest BCUT2D eigenvalue weighted by atomic mass is 10.2. The van der Waals surface area contributed by atoms with Crippen molar-refractivity contribution in [1.29, 1.82) is 0 Å². The Hall–Kier alpha value is -1.43. The van der Waals surface area contributed by atoms with Crippen LogP contribution in [0, 0.1) is 6.92 Å². The van der Waals surface area contributed by atoms with E-state index in [-0.39, 0.29) is 13.0 Å². The highest BCUT2D eigenvalue weighted by Gasteiger charge is 2.08. The van der Waals surface area contributed by atoms with Crippen molar-refractivity contribution in [2.24, 2.45) is 0 Å². The van der Waals surface area contributed by atoms with Gasteiger partial charge in [-0.05, 0) is 19.8 Å². The fraction of sp³-hybridized carbons (Fsp3) is 0.700. The number of carboxylic acids is 1. The molecule has 1 rings (SSSR count). The summed E-state index contributed by atoms with van der Waals surface area (Å²) in [6, 6.07) is 0. The fourth-order valence-electron chi connectivity index (χ4n) is 1.53. The zero-order valence-corrected chi connectivity index (χ0v) is 9.39. The van der Waals surface area contributed by atoms with Gasteiger partial charge >= 0.3 is 5.97 Å². The predicted octanol–water partition coefficient (Wildman–Crippen LogP) is 0.376. The van der Waals surface area contributed by atoms with E-state index in [0.29, 0.717) is 25.8 Å². The Labute approximate surface area is 93.9 Å². The van der Waals surface area contributed by atoms with Gasteiger partial charge in [0, 0.05) is 26.0 Å². The molecular formula is C10H17N3O3. The Morgan fingerprint density at radius 2 is 2.12 bits per heavy atom. The Morgan fingerprint density at radius 3 is 2.75 bits per heavy atom. The molecule has 2 N–H and O–H groups in total. The van der Waals surface area contributed by atoms with Crippen LogP contribution in [0.15, 0.2) is 0 Å². The van der Waals surface area contributed by atoms with E-state index in [1.54, 1.807) is 0 Å². The zero-order valence-electron chi connectivity index (χ0n) is 9.39. The number of hydrogen-bond donors (Lipinski definition) is 2. The maximum atomic E-state index is 10.4. The third kappa shape index (κ3) is 3.62. The molecule has 0 amide bonds. The minimum Gasteiger partial charge on any atom is -0.481 e. The molecule has 0 saturated carbocycles. The van der Waals surface area contributed by atoms with Crippen LogP contribution in [-0.4, -0.2) is 37.6 Å². The van der Waals surface area contributed by atoms with E-state index in [4.69, 9.17) is 10.2 Å². The summed E-state index contributed by atoms with van der Waals surface area (Å²) in [5.74, 6) is 0.818. The van der Waals surface area contributed by atoms with E-state index >= 15 is 0 Å². The third-order valence-electron chi connectivity index (χ3n) is 2.34. The predicted molar refractivity (Wildman–Crippen MR) is 57.0 cm³/mol. The molecule has 0 bridgehead atoms.